The number of aliphatic carboxylic acids is 1. The maximum atomic E-state index is 10.7. The van der Waals surface area contributed by atoms with Gasteiger partial charge in [0.25, 0.3) is 0 Å². The molecule has 0 radical (unpaired) electrons. The number of carbonyl (C=O) groups is 1. The molecule has 1 heterocycles. The monoisotopic (exact) mass is 358 g/mol. The molecule has 0 aromatic rings. The zero-order valence-electron chi connectivity index (χ0n) is 12.4. The van der Waals surface area contributed by atoms with Crippen molar-refractivity contribution in [2.24, 2.45) is 0 Å². The quantitative estimate of drug-likeness (QED) is 0.198. The largest absolute Gasteiger partial charge is 0.479 e. The first-order valence-electron chi connectivity index (χ1n) is 6.99. The van der Waals surface area contributed by atoms with E-state index in [4.69, 9.17) is 24.8 Å². The van der Waals surface area contributed by atoms with Crippen molar-refractivity contribution in [3.63, 3.8) is 0 Å². The van der Waals surface area contributed by atoms with Gasteiger partial charge in [-0.25, -0.2) is 4.79 Å². The van der Waals surface area contributed by atoms with Gasteiger partial charge in [-0.15, -0.1) is 0 Å². The number of carboxylic acids is 1. The predicted molar refractivity (Wildman–Crippen MR) is 71.4 cm³/mol. The van der Waals surface area contributed by atoms with E-state index in [2.05, 4.69) is 0 Å². The van der Waals surface area contributed by atoms with E-state index in [1.165, 1.54) is 0 Å². The first kappa shape index (κ1) is 21.1. The van der Waals surface area contributed by atoms with E-state index in [1.54, 1.807) is 0 Å². The lowest BCUT2D eigenvalue weighted by atomic mass is 9.98. The molecule has 9 N–H and O–H groups in total. The minimum Gasteiger partial charge on any atom is -0.479 e. The minimum atomic E-state index is -2.39. The molecule has 24 heavy (non-hydrogen) atoms. The number of hydrogen-bond acceptors (Lipinski definition) is 11. The second-order valence-electron chi connectivity index (χ2n) is 5.32. The predicted octanol–water partition coefficient (Wildman–Crippen LogP) is -5.67. The van der Waals surface area contributed by atoms with Gasteiger partial charge < -0.3 is 55.4 Å². The average Bonchev–Trinajstić information content (AvgIpc) is 2.57. The van der Waals surface area contributed by atoms with Gasteiger partial charge >= 0.3 is 5.97 Å². The maximum absolute atomic E-state index is 10.7. The van der Waals surface area contributed by atoms with Gasteiger partial charge in [-0.05, 0) is 0 Å². The van der Waals surface area contributed by atoms with Gasteiger partial charge in [-0.3, -0.25) is 0 Å². The molecule has 142 valence electrons. The van der Waals surface area contributed by atoms with Crippen molar-refractivity contribution in [2.75, 3.05) is 13.2 Å². The Hall–Kier alpha value is -0.930. The number of ether oxygens (including phenoxy) is 2. The highest BCUT2D eigenvalue weighted by Gasteiger charge is 2.47. The molecule has 1 aliphatic rings. The Morgan fingerprint density at radius 1 is 1.04 bits per heavy atom. The van der Waals surface area contributed by atoms with Crippen molar-refractivity contribution in [1.82, 2.24) is 0 Å². The summed E-state index contributed by atoms with van der Waals surface area (Å²) in [5.74, 6) is -1.84. The van der Waals surface area contributed by atoms with E-state index >= 15 is 0 Å². The number of carboxylic acid groups (broad SMARTS) is 1. The maximum Gasteiger partial charge on any atom is 0.335 e. The van der Waals surface area contributed by atoms with E-state index in [1.807, 2.05) is 0 Å². The van der Waals surface area contributed by atoms with Gasteiger partial charge in [0.1, 0.15) is 42.7 Å². The van der Waals surface area contributed by atoms with Crippen LogP contribution in [0.1, 0.15) is 0 Å². The molecule has 1 fully saturated rings. The van der Waals surface area contributed by atoms with E-state index in [0.29, 0.717) is 0 Å². The summed E-state index contributed by atoms with van der Waals surface area (Å²) in [7, 11) is 0. The van der Waals surface area contributed by atoms with Crippen LogP contribution < -0.4 is 0 Å². The van der Waals surface area contributed by atoms with Crippen LogP contribution in [0.2, 0.25) is 0 Å². The minimum absolute atomic E-state index is 0.766. The summed E-state index contributed by atoms with van der Waals surface area (Å²) in [6, 6.07) is 0. The Morgan fingerprint density at radius 2 is 1.62 bits per heavy atom. The Balaban J connectivity index is 2.94. The molecular weight excluding hydrogens is 336 g/mol. The molecule has 0 spiro atoms. The van der Waals surface area contributed by atoms with Crippen LogP contribution in [-0.2, 0) is 14.3 Å². The third-order valence-corrected chi connectivity index (χ3v) is 3.62. The molecule has 1 aliphatic heterocycles. The average molecular weight is 358 g/mol. The summed E-state index contributed by atoms with van der Waals surface area (Å²) in [6.07, 6.45) is -16.9. The molecule has 0 aromatic heterocycles. The van der Waals surface area contributed by atoms with Crippen molar-refractivity contribution in [1.29, 1.82) is 0 Å². The van der Waals surface area contributed by atoms with Crippen LogP contribution in [0.5, 0.6) is 0 Å². The molecule has 1 rings (SSSR count). The Labute approximate surface area is 135 Å². The molecular formula is C12H22O12. The smallest absolute Gasteiger partial charge is 0.335 e. The number of aliphatic hydroxyl groups is 8. The van der Waals surface area contributed by atoms with Crippen LogP contribution in [0.3, 0.4) is 0 Å². The molecule has 0 aromatic carbocycles. The van der Waals surface area contributed by atoms with Gasteiger partial charge in [-0.2, -0.15) is 0 Å². The lowest BCUT2D eigenvalue weighted by Gasteiger charge is -2.42. The van der Waals surface area contributed by atoms with E-state index in [-0.39, 0.29) is 0 Å². The topological polar surface area (TPSA) is 218 Å². The molecule has 1 saturated heterocycles. The third-order valence-electron chi connectivity index (χ3n) is 3.62. The molecule has 12 nitrogen and oxygen atoms in total. The lowest BCUT2D eigenvalue weighted by molar-refractivity contribution is -0.326. The summed E-state index contributed by atoms with van der Waals surface area (Å²) < 4.78 is 9.98. The fourth-order valence-corrected chi connectivity index (χ4v) is 2.16. The van der Waals surface area contributed by atoms with Gasteiger partial charge in [-0.1, -0.05) is 0 Å². The van der Waals surface area contributed by atoms with Crippen molar-refractivity contribution in [3.05, 3.63) is 0 Å². The summed E-state index contributed by atoms with van der Waals surface area (Å²) in [5.41, 5.74) is 0. The van der Waals surface area contributed by atoms with Crippen molar-refractivity contribution in [2.45, 2.75) is 55.1 Å². The first-order valence-corrected chi connectivity index (χ1v) is 6.99. The van der Waals surface area contributed by atoms with Gasteiger partial charge in [0.05, 0.1) is 13.2 Å². The number of aliphatic hydroxyl groups excluding tert-OH is 8. The van der Waals surface area contributed by atoms with Crippen LogP contribution >= 0.6 is 0 Å². The van der Waals surface area contributed by atoms with E-state index < -0.39 is 74.3 Å². The second kappa shape index (κ2) is 8.96. The van der Waals surface area contributed by atoms with Crippen LogP contribution in [0.4, 0.5) is 0 Å². The molecule has 12 heteroatoms. The van der Waals surface area contributed by atoms with E-state index in [0.717, 1.165) is 0 Å². The Kier molecular flexibility index (Phi) is 7.88. The van der Waals surface area contributed by atoms with Crippen LogP contribution in [0.25, 0.3) is 0 Å². The van der Waals surface area contributed by atoms with Crippen molar-refractivity contribution >= 4 is 5.97 Å². The van der Waals surface area contributed by atoms with E-state index in [9.17, 15) is 35.4 Å². The first-order chi connectivity index (χ1) is 11.1. The van der Waals surface area contributed by atoms with Crippen LogP contribution in [0.15, 0.2) is 0 Å². The molecule has 0 aliphatic carbocycles. The zero-order valence-corrected chi connectivity index (χ0v) is 12.4. The van der Waals surface area contributed by atoms with Crippen LogP contribution in [0, 0.1) is 0 Å². The summed E-state index contributed by atoms with van der Waals surface area (Å²) in [6.45, 7) is -1.76. The zero-order chi connectivity index (χ0) is 18.6. The highest BCUT2D eigenvalue weighted by molar-refractivity contribution is 5.72. The Bertz CT molecular complexity index is 403. The molecule has 9 atom stereocenters. The van der Waals surface area contributed by atoms with Gasteiger partial charge in [0.2, 0.25) is 0 Å². The molecule has 0 saturated carbocycles. The van der Waals surface area contributed by atoms with Crippen molar-refractivity contribution < 1.29 is 60.2 Å². The SMILES string of the molecule is O=C(O)C(O)C(O)C(O[C@@H]1OC(CO)[C@H](O)C(O)C1O)C(O)CO. The standard InChI is InChI=1S/C12H22O12/c13-1-3(15)10(7(18)8(19)11(21)22)24-12-9(20)6(17)5(16)4(2-14)23-12/h3-10,12-20H,1-2H2,(H,21,22)/t3?,4?,5-,6?,7?,8?,9?,10?,12-/m0/s1. The number of rotatable bonds is 8. The highest BCUT2D eigenvalue weighted by Crippen LogP contribution is 2.24. The third kappa shape index (κ3) is 4.58. The highest BCUT2D eigenvalue weighted by atomic mass is 16.7. The van der Waals surface area contributed by atoms with Crippen LogP contribution in [-0.4, -0.2) is 120 Å². The fraction of sp³-hybridized carbons (Fsp3) is 0.917. The van der Waals surface area contributed by atoms with Gasteiger partial charge in [0, 0.05) is 0 Å². The van der Waals surface area contributed by atoms with Gasteiger partial charge in [0.15, 0.2) is 12.4 Å². The fourth-order valence-electron chi connectivity index (χ4n) is 2.16. The molecule has 0 bridgehead atoms. The number of hydrogen-bond donors (Lipinski definition) is 9. The second-order valence-corrected chi connectivity index (χ2v) is 5.32. The lowest BCUT2D eigenvalue weighted by Crippen LogP contribution is -2.61. The molecule has 7 unspecified atom stereocenters. The summed E-state index contributed by atoms with van der Waals surface area (Å²) in [5, 5.41) is 84.5. The molecule has 0 amide bonds. The van der Waals surface area contributed by atoms with Crippen molar-refractivity contribution in [3.8, 4) is 0 Å². The Morgan fingerprint density at radius 3 is 2.08 bits per heavy atom. The normalized spacial score (nSPS) is 35.9. The summed E-state index contributed by atoms with van der Waals surface area (Å²) >= 11 is 0. The summed E-state index contributed by atoms with van der Waals surface area (Å²) in [4.78, 5) is 10.7.